The maximum absolute atomic E-state index is 13.5. The Bertz CT molecular complexity index is 2040. The highest BCUT2D eigenvalue weighted by molar-refractivity contribution is 5.81. The van der Waals surface area contributed by atoms with Gasteiger partial charge in [-0.3, -0.25) is 9.97 Å². The Morgan fingerprint density at radius 3 is 1.34 bits per heavy atom. The van der Waals surface area contributed by atoms with E-state index in [0.29, 0.717) is 11.1 Å². The van der Waals surface area contributed by atoms with E-state index in [4.69, 9.17) is 8.83 Å². The summed E-state index contributed by atoms with van der Waals surface area (Å²) in [5.41, 5.74) is -1.87. The van der Waals surface area contributed by atoms with Gasteiger partial charge >= 0.3 is 12.4 Å². The average Bonchev–Trinajstić information content (AvgIpc) is 3.70. The molecule has 0 aliphatic rings. The molecule has 218 valence electrons. The molecule has 0 N–H and O–H groups in total. The van der Waals surface area contributed by atoms with Crippen LogP contribution in [0.4, 0.5) is 26.3 Å². The highest BCUT2D eigenvalue weighted by atomic mass is 19.4. The second kappa shape index (κ2) is 9.89. The molecule has 7 rings (SSSR count). The number of fused-ring (bicyclic) bond motifs is 2. The minimum Gasteiger partial charge on any atom is -0.415 e. The number of para-hydroxylation sites is 2. The van der Waals surface area contributed by atoms with E-state index in [1.54, 1.807) is 24.3 Å². The van der Waals surface area contributed by atoms with E-state index in [1.165, 1.54) is 36.7 Å². The zero-order chi connectivity index (χ0) is 30.6. The number of rotatable bonds is 4. The van der Waals surface area contributed by atoms with Crippen LogP contribution in [-0.2, 0) is 12.4 Å². The maximum Gasteiger partial charge on any atom is 0.418 e. The molecule has 10 nitrogen and oxygen atoms in total. The van der Waals surface area contributed by atoms with Crippen molar-refractivity contribution in [2.24, 2.45) is 0 Å². The summed E-state index contributed by atoms with van der Waals surface area (Å²) in [5.74, 6) is -0.310. The fourth-order valence-electron chi connectivity index (χ4n) is 4.40. The SMILES string of the molecule is FC(F)(F)c1cccc2ncc(-c3nnc(-c4cccc(-c5nnc(-c6cnc7cccc(C(F)(F)F)c7n6)o5)c4)o3)nc12. The molecule has 0 atom stereocenters. The predicted molar refractivity (Wildman–Crippen MR) is 140 cm³/mol. The van der Waals surface area contributed by atoms with E-state index in [0.717, 1.165) is 12.1 Å². The molecular formula is C28H12F6N8O2. The van der Waals surface area contributed by atoms with Gasteiger partial charge in [0.05, 0.1) is 34.6 Å². The third kappa shape index (κ3) is 4.85. The fourth-order valence-corrected chi connectivity index (χ4v) is 4.40. The Balaban J connectivity index is 1.19. The Hall–Kier alpha value is -5.80. The molecule has 0 spiro atoms. The summed E-state index contributed by atoms with van der Waals surface area (Å²) in [7, 11) is 0. The molecule has 4 aromatic heterocycles. The molecule has 0 amide bonds. The first-order valence-corrected chi connectivity index (χ1v) is 12.5. The van der Waals surface area contributed by atoms with Crippen molar-refractivity contribution in [2.75, 3.05) is 0 Å². The van der Waals surface area contributed by atoms with Crippen LogP contribution in [0.3, 0.4) is 0 Å². The summed E-state index contributed by atoms with van der Waals surface area (Å²) in [6.45, 7) is 0. The molecule has 7 aromatic rings. The van der Waals surface area contributed by atoms with Crippen molar-refractivity contribution in [1.29, 1.82) is 0 Å². The number of alkyl halides is 6. The van der Waals surface area contributed by atoms with E-state index in [-0.39, 0.29) is 57.0 Å². The van der Waals surface area contributed by atoms with Gasteiger partial charge < -0.3 is 8.83 Å². The van der Waals surface area contributed by atoms with Crippen LogP contribution in [0.1, 0.15) is 11.1 Å². The normalized spacial score (nSPS) is 12.3. The first-order valence-electron chi connectivity index (χ1n) is 12.5. The van der Waals surface area contributed by atoms with Gasteiger partial charge in [-0.2, -0.15) is 26.3 Å². The summed E-state index contributed by atoms with van der Waals surface area (Å²) in [4.78, 5) is 16.2. The molecule has 16 heteroatoms. The second-order valence-electron chi connectivity index (χ2n) is 9.26. The highest BCUT2D eigenvalue weighted by Crippen LogP contribution is 2.36. The van der Waals surface area contributed by atoms with Crippen molar-refractivity contribution >= 4 is 22.1 Å². The van der Waals surface area contributed by atoms with Crippen molar-refractivity contribution in [1.82, 2.24) is 40.3 Å². The first kappa shape index (κ1) is 27.1. The van der Waals surface area contributed by atoms with Crippen molar-refractivity contribution in [3.8, 4) is 46.1 Å². The molecule has 0 saturated carbocycles. The van der Waals surface area contributed by atoms with E-state index < -0.39 is 23.5 Å². The van der Waals surface area contributed by atoms with Crippen LogP contribution < -0.4 is 0 Å². The number of hydrogen-bond acceptors (Lipinski definition) is 10. The number of nitrogens with zero attached hydrogens (tertiary/aromatic N) is 8. The summed E-state index contributed by atoms with van der Waals surface area (Å²) in [6, 6.07) is 13.5. The van der Waals surface area contributed by atoms with Crippen LogP contribution >= 0.6 is 0 Å². The van der Waals surface area contributed by atoms with Crippen molar-refractivity contribution < 1.29 is 35.2 Å². The fraction of sp³-hybridized carbons (Fsp3) is 0.0714. The molecule has 0 aliphatic heterocycles. The van der Waals surface area contributed by atoms with Gasteiger partial charge in [0, 0.05) is 11.1 Å². The lowest BCUT2D eigenvalue weighted by atomic mass is 10.1. The molecule has 3 aromatic carbocycles. The van der Waals surface area contributed by atoms with Crippen LogP contribution in [0.5, 0.6) is 0 Å². The molecule has 0 radical (unpaired) electrons. The number of aromatic nitrogens is 8. The van der Waals surface area contributed by atoms with E-state index >= 15 is 0 Å². The lowest BCUT2D eigenvalue weighted by Gasteiger charge is -2.09. The first-order chi connectivity index (χ1) is 21.0. The lowest BCUT2D eigenvalue weighted by molar-refractivity contribution is -0.137. The largest absolute Gasteiger partial charge is 0.418 e. The third-order valence-corrected chi connectivity index (χ3v) is 6.40. The predicted octanol–water partition coefficient (Wildman–Crippen LogP) is 7.04. The summed E-state index contributed by atoms with van der Waals surface area (Å²) >= 11 is 0. The lowest BCUT2D eigenvalue weighted by Crippen LogP contribution is -2.07. The van der Waals surface area contributed by atoms with Gasteiger partial charge in [-0.15, -0.1) is 20.4 Å². The van der Waals surface area contributed by atoms with Crippen molar-refractivity contribution in [3.63, 3.8) is 0 Å². The zero-order valence-corrected chi connectivity index (χ0v) is 21.6. The van der Waals surface area contributed by atoms with Gasteiger partial charge in [0.2, 0.25) is 11.8 Å². The van der Waals surface area contributed by atoms with Gasteiger partial charge in [0.15, 0.2) is 0 Å². The molecular weight excluding hydrogens is 594 g/mol. The van der Waals surface area contributed by atoms with Crippen LogP contribution in [0.15, 0.2) is 81.9 Å². The minimum absolute atomic E-state index is 0.00710. The number of benzene rings is 3. The molecule has 0 unspecified atom stereocenters. The average molecular weight is 606 g/mol. The van der Waals surface area contributed by atoms with Gasteiger partial charge in [-0.1, -0.05) is 18.2 Å². The highest BCUT2D eigenvalue weighted by Gasteiger charge is 2.34. The molecule has 4 heterocycles. The molecule has 0 fully saturated rings. The Morgan fingerprint density at radius 2 is 0.909 bits per heavy atom. The van der Waals surface area contributed by atoms with Crippen molar-refractivity contribution in [3.05, 3.63) is 84.2 Å². The number of halogens is 6. The third-order valence-electron chi connectivity index (χ3n) is 6.40. The van der Waals surface area contributed by atoms with Crippen LogP contribution in [0.25, 0.3) is 68.1 Å². The van der Waals surface area contributed by atoms with Gasteiger partial charge in [-0.05, 0) is 42.5 Å². The van der Waals surface area contributed by atoms with E-state index in [1.807, 2.05) is 0 Å². The van der Waals surface area contributed by atoms with E-state index in [9.17, 15) is 26.3 Å². The molecule has 0 aliphatic carbocycles. The van der Waals surface area contributed by atoms with E-state index in [2.05, 4.69) is 40.3 Å². The van der Waals surface area contributed by atoms with Crippen LogP contribution in [-0.4, -0.2) is 40.3 Å². The zero-order valence-electron chi connectivity index (χ0n) is 21.6. The quantitative estimate of drug-likeness (QED) is 0.192. The topological polar surface area (TPSA) is 129 Å². The Morgan fingerprint density at radius 1 is 0.500 bits per heavy atom. The van der Waals surface area contributed by atoms with Crippen molar-refractivity contribution in [2.45, 2.75) is 12.4 Å². The maximum atomic E-state index is 13.5. The van der Waals surface area contributed by atoms with Crippen LogP contribution in [0.2, 0.25) is 0 Å². The molecule has 0 bridgehead atoms. The van der Waals surface area contributed by atoms with Gasteiger partial charge in [-0.25, -0.2) is 9.97 Å². The minimum atomic E-state index is -4.64. The number of hydrogen-bond donors (Lipinski definition) is 0. The summed E-state index contributed by atoms with van der Waals surface area (Å²) in [6.07, 6.45) is -6.84. The standard InChI is InChI=1S/C28H12F6N8O2/c29-27(30,31)15-6-2-8-17-21(15)37-19(11-35-17)25-41-39-23(43-25)13-4-1-5-14(10-13)24-40-42-26(44-24)20-12-36-18-9-3-7-16(22(18)38-20)28(32,33)34/h1-12H. The summed E-state index contributed by atoms with van der Waals surface area (Å²) < 4.78 is 92.3. The summed E-state index contributed by atoms with van der Waals surface area (Å²) in [5, 5.41) is 15.8. The Labute approximate surface area is 240 Å². The second-order valence-corrected chi connectivity index (χ2v) is 9.26. The molecule has 44 heavy (non-hydrogen) atoms. The van der Waals surface area contributed by atoms with Gasteiger partial charge in [0.1, 0.15) is 22.4 Å². The smallest absolute Gasteiger partial charge is 0.415 e. The monoisotopic (exact) mass is 606 g/mol. The Kier molecular flexibility index (Phi) is 6.08. The van der Waals surface area contributed by atoms with Gasteiger partial charge in [0.25, 0.3) is 11.8 Å². The van der Waals surface area contributed by atoms with Crippen LogP contribution in [0, 0.1) is 0 Å². The molecule has 0 saturated heterocycles.